The Morgan fingerprint density at radius 3 is 2.37 bits per heavy atom. The van der Waals surface area contributed by atoms with E-state index in [9.17, 15) is 5.11 Å². The molecule has 19 heavy (non-hydrogen) atoms. The smallest absolute Gasteiger partial charge is 0.0557 e. The SMILES string of the molecule is CCCCCCCCC(O)CCNc1ccccc1. The summed E-state index contributed by atoms with van der Waals surface area (Å²) in [5.41, 5.74) is 1.13. The second kappa shape index (κ2) is 10.9. The molecule has 1 rings (SSSR count). The molecule has 1 atom stereocenters. The average molecular weight is 263 g/mol. The minimum Gasteiger partial charge on any atom is -0.393 e. The van der Waals surface area contributed by atoms with E-state index in [-0.39, 0.29) is 6.10 Å². The van der Waals surface area contributed by atoms with Crippen molar-refractivity contribution in [2.75, 3.05) is 11.9 Å². The van der Waals surface area contributed by atoms with E-state index in [1.54, 1.807) is 0 Å². The number of hydrogen-bond donors (Lipinski definition) is 2. The van der Waals surface area contributed by atoms with Crippen LogP contribution in [0, 0.1) is 0 Å². The second-order valence-corrected chi connectivity index (χ2v) is 5.29. The molecule has 2 nitrogen and oxygen atoms in total. The Bertz CT molecular complexity index is 299. The topological polar surface area (TPSA) is 32.3 Å². The number of unbranched alkanes of at least 4 members (excludes halogenated alkanes) is 5. The van der Waals surface area contributed by atoms with E-state index >= 15 is 0 Å². The number of anilines is 1. The van der Waals surface area contributed by atoms with Crippen LogP contribution in [-0.2, 0) is 0 Å². The number of rotatable bonds is 11. The van der Waals surface area contributed by atoms with Gasteiger partial charge in [0.1, 0.15) is 0 Å². The molecule has 0 spiro atoms. The first kappa shape index (κ1) is 16.0. The zero-order valence-corrected chi connectivity index (χ0v) is 12.3. The Hall–Kier alpha value is -1.02. The van der Waals surface area contributed by atoms with Crippen molar-refractivity contribution in [1.82, 2.24) is 0 Å². The molecule has 0 bridgehead atoms. The fourth-order valence-electron chi connectivity index (χ4n) is 2.24. The zero-order valence-electron chi connectivity index (χ0n) is 12.3. The molecule has 2 N–H and O–H groups in total. The van der Waals surface area contributed by atoms with Gasteiger partial charge in [0.15, 0.2) is 0 Å². The van der Waals surface area contributed by atoms with E-state index in [0.29, 0.717) is 0 Å². The molecule has 0 fully saturated rings. The van der Waals surface area contributed by atoms with Gasteiger partial charge in [-0.2, -0.15) is 0 Å². The van der Waals surface area contributed by atoms with Crippen LogP contribution in [0.25, 0.3) is 0 Å². The van der Waals surface area contributed by atoms with Gasteiger partial charge in [-0.1, -0.05) is 63.6 Å². The summed E-state index contributed by atoms with van der Waals surface area (Å²) in [7, 11) is 0. The van der Waals surface area contributed by atoms with Gasteiger partial charge >= 0.3 is 0 Å². The Kier molecular flexibility index (Phi) is 9.17. The number of benzene rings is 1. The van der Waals surface area contributed by atoms with Crippen molar-refractivity contribution in [3.05, 3.63) is 30.3 Å². The Morgan fingerprint density at radius 1 is 0.947 bits per heavy atom. The molecular formula is C17H29NO. The van der Waals surface area contributed by atoms with E-state index in [4.69, 9.17) is 0 Å². The van der Waals surface area contributed by atoms with Crippen LogP contribution >= 0.6 is 0 Å². The van der Waals surface area contributed by atoms with Crippen molar-refractivity contribution >= 4 is 5.69 Å². The standard InChI is InChI=1S/C17H29NO/c1-2-3-4-5-6-10-13-17(19)14-15-18-16-11-8-7-9-12-16/h7-9,11-12,17-19H,2-6,10,13-15H2,1H3. The molecule has 0 saturated carbocycles. The first-order valence-electron chi connectivity index (χ1n) is 7.80. The van der Waals surface area contributed by atoms with E-state index in [2.05, 4.69) is 24.4 Å². The molecule has 0 aliphatic rings. The number of aliphatic hydroxyl groups is 1. The highest BCUT2D eigenvalue weighted by Gasteiger charge is 2.03. The molecular weight excluding hydrogens is 234 g/mol. The largest absolute Gasteiger partial charge is 0.393 e. The first-order chi connectivity index (χ1) is 9.33. The Balaban J connectivity index is 1.94. The molecule has 0 amide bonds. The minimum atomic E-state index is -0.151. The van der Waals surface area contributed by atoms with Crippen LogP contribution in [0.15, 0.2) is 30.3 Å². The summed E-state index contributed by atoms with van der Waals surface area (Å²) in [4.78, 5) is 0. The molecule has 2 heteroatoms. The number of para-hydroxylation sites is 1. The first-order valence-corrected chi connectivity index (χ1v) is 7.80. The Labute approximate surface area is 118 Å². The molecule has 0 aromatic heterocycles. The summed E-state index contributed by atoms with van der Waals surface area (Å²) >= 11 is 0. The monoisotopic (exact) mass is 263 g/mol. The third-order valence-corrected chi connectivity index (χ3v) is 3.47. The summed E-state index contributed by atoms with van der Waals surface area (Å²) in [6, 6.07) is 10.2. The predicted molar refractivity (Wildman–Crippen MR) is 83.5 cm³/mol. The summed E-state index contributed by atoms with van der Waals surface area (Å²) in [5.74, 6) is 0. The van der Waals surface area contributed by atoms with E-state index < -0.39 is 0 Å². The van der Waals surface area contributed by atoms with Crippen LogP contribution in [0.1, 0.15) is 58.3 Å². The normalized spacial score (nSPS) is 12.3. The van der Waals surface area contributed by atoms with Crippen molar-refractivity contribution < 1.29 is 5.11 Å². The van der Waals surface area contributed by atoms with Crippen molar-refractivity contribution in [3.63, 3.8) is 0 Å². The highest BCUT2D eigenvalue weighted by molar-refractivity contribution is 5.42. The zero-order chi connectivity index (χ0) is 13.8. The Morgan fingerprint density at radius 2 is 1.63 bits per heavy atom. The van der Waals surface area contributed by atoms with Gasteiger partial charge in [-0.05, 0) is 25.0 Å². The van der Waals surface area contributed by atoms with Crippen LogP contribution < -0.4 is 5.32 Å². The van der Waals surface area contributed by atoms with E-state index in [0.717, 1.165) is 31.5 Å². The molecule has 108 valence electrons. The lowest BCUT2D eigenvalue weighted by molar-refractivity contribution is 0.154. The molecule has 0 aliphatic heterocycles. The van der Waals surface area contributed by atoms with Gasteiger partial charge in [0.2, 0.25) is 0 Å². The molecule has 0 radical (unpaired) electrons. The number of hydrogen-bond acceptors (Lipinski definition) is 2. The van der Waals surface area contributed by atoms with E-state index in [1.165, 1.54) is 32.1 Å². The third-order valence-electron chi connectivity index (χ3n) is 3.47. The maximum absolute atomic E-state index is 9.89. The van der Waals surface area contributed by atoms with Gasteiger partial charge in [0, 0.05) is 12.2 Å². The lowest BCUT2D eigenvalue weighted by Crippen LogP contribution is -2.13. The lowest BCUT2D eigenvalue weighted by atomic mass is 10.1. The van der Waals surface area contributed by atoms with Gasteiger partial charge < -0.3 is 10.4 Å². The summed E-state index contributed by atoms with van der Waals surface area (Å²) < 4.78 is 0. The fraction of sp³-hybridized carbons (Fsp3) is 0.647. The minimum absolute atomic E-state index is 0.151. The predicted octanol–water partition coefficient (Wildman–Crippen LogP) is 4.60. The molecule has 1 aromatic carbocycles. The number of nitrogens with one attached hydrogen (secondary N) is 1. The average Bonchev–Trinajstić information content (AvgIpc) is 2.44. The number of aliphatic hydroxyl groups excluding tert-OH is 1. The van der Waals surface area contributed by atoms with Crippen molar-refractivity contribution in [2.45, 2.75) is 64.4 Å². The quantitative estimate of drug-likeness (QED) is 0.572. The van der Waals surface area contributed by atoms with Gasteiger partial charge in [-0.15, -0.1) is 0 Å². The van der Waals surface area contributed by atoms with Gasteiger partial charge in [0.25, 0.3) is 0 Å². The summed E-state index contributed by atoms with van der Waals surface area (Å²) in [5, 5.41) is 13.2. The fourth-order valence-corrected chi connectivity index (χ4v) is 2.24. The molecule has 1 aromatic rings. The third kappa shape index (κ3) is 8.66. The lowest BCUT2D eigenvalue weighted by Gasteiger charge is -2.11. The molecule has 0 saturated heterocycles. The van der Waals surface area contributed by atoms with Crippen LogP contribution in [0.2, 0.25) is 0 Å². The van der Waals surface area contributed by atoms with Crippen LogP contribution in [-0.4, -0.2) is 17.8 Å². The molecule has 0 aliphatic carbocycles. The van der Waals surface area contributed by atoms with Crippen molar-refractivity contribution in [3.8, 4) is 0 Å². The van der Waals surface area contributed by atoms with Crippen LogP contribution in [0.5, 0.6) is 0 Å². The highest BCUT2D eigenvalue weighted by Crippen LogP contribution is 2.11. The molecule has 1 unspecified atom stereocenters. The summed E-state index contributed by atoms with van der Waals surface area (Å²) in [6.45, 7) is 3.09. The van der Waals surface area contributed by atoms with Gasteiger partial charge in [-0.25, -0.2) is 0 Å². The van der Waals surface area contributed by atoms with E-state index in [1.807, 2.05) is 18.2 Å². The maximum Gasteiger partial charge on any atom is 0.0557 e. The van der Waals surface area contributed by atoms with Gasteiger partial charge in [-0.3, -0.25) is 0 Å². The van der Waals surface area contributed by atoms with Crippen molar-refractivity contribution in [2.24, 2.45) is 0 Å². The molecule has 0 heterocycles. The van der Waals surface area contributed by atoms with Crippen molar-refractivity contribution in [1.29, 1.82) is 0 Å². The highest BCUT2D eigenvalue weighted by atomic mass is 16.3. The van der Waals surface area contributed by atoms with Gasteiger partial charge in [0.05, 0.1) is 6.10 Å². The second-order valence-electron chi connectivity index (χ2n) is 5.29. The van der Waals surface area contributed by atoms with Crippen LogP contribution in [0.4, 0.5) is 5.69 Å². The summed E-state index contributed by atoms with van der Waals surface area (Å²) in [6.07, 6.45) is 9.39. The maximum atomic E-state index is 9.89. The van der Waals surface area contributed by atoms with Crippen LogP contribution in [0.3, 0.4) is 0 Å².